The van der Waals surface area contributed by atoms with Gasteiger partial charge in [0.2, 0.25) is 5.75 Å². The Bertz CT molecular complexity index is 1050. The van der Waals surface area contributed by atoms with Gasteiger partial charge in [-0.1, -0.05) is 19.1 Å². The molecule has 0 aliphatic rings. The second-order valence-electron chi connectivity index (χ2n) is 6.60. The molecule has 1 N–H and O–H groups in total. The number of carbonyl (C=O) groups excluding carboxylic acids is 1. The summed E-state index contributed by atoms with van der Waals surface area (Å²) in [4.78, 5) is 17.1. The average molecular weight is 419 g/mol. The molecule has 1 unspecified atom stereocenters. The van der Waals surface area contributed by atoms with Gasteiger partial charge >= 0.3 is 6.55 Å². The number of fused-ring (bicyclic) bond motifs is 1. The molecule has 1 aromatic heterocycles. The van der Waals surface area contributed by atoms with Crippen molar-refractivity contribution in [1.82, 2.24) is 14.9 Å². The first-order valence-electron chi connectivity index (χ1n) is 9.25. The largest absolute Gasteiger partial charge is 0.493 e. The summed E-state index contributed by atoms with van der Waals surface area (Å²) in [6, 6.07) is 9.84. The van der Waals surface area contributed by atoms with E-state index < -0.39 is 18.4 Å². The van der Waals surface area contributed by atoms with Crippen LogP contribution in [0.5, 0.6) is 17.2 Å². The zero-order valence-electron chi connectivity index (χ0n) is 17.1. The minimum atomic E-state index is -2.74. The Morgan fingerprint density at radius 1 is 1.07 bits per heavy atom. The molecular formula is C21H23F2N3O4. The number of nitrogens with one attached hydrogen (secondary N) is 1. The van der Waals surface area contributed by atoms with E-state index in [2.05, 4.69) is 10.3 Å². The lowest BCUT2D eigenvalue weighted by Crippen LogP contribution is -2.29. The molecule has 0 spiro atoms. The van der Waals surface area contributed by atoms with E-state index in [9.17, 15) is 13.6 Å². The Labute approximate surface area is 172 Å². The Kier molecular flexibility index (Phi) is 6.39. The molecular weight excluding hydrogens is 396 g/mol. The molecule has 2 aromatic carbocycles. The minimum Gasteiger partial charge on any atom is -0.493 e. The number of benzene rings is 2. The highest BCUT2D eigenvalue weighted by atomic mass is 19.3. The van der Waals surface area contributed by atoms with Gasteiger partial charge in [0.25, 0.3) is 5.91 Å². The van der Waals surface area contributed by atoms with Crippen molar-refractivity contribution < 1.29 is 27.8 Å². The third-order valence-corrected chi connectivity index (χ3v) is 4.78. The fourth-order valence-electron chi connectivity index (χ4n) is 3.33. The van der Waals surface area contributed by atoms with Gasteiger partial charge in [-0.3, -0.25) is 9.36 Å². The van der Waals surface area contributed by atoms with Crippen LogP contribution >= 0.6 is 0 Å². The van der Waals surface area contributed by atoms with Gasteiger partial charge in [-0.25, -0.2) is 4.98 Å². The summed E-state index contributed by atoms with van der Waals surface area (Å²) < 4.78 is 44.1. The van der Waals surface area contributed by atoms with Crippen LogP contribution in [-0.4, -0.2) is 43.3 Å². The number of ether oxygens (including phenoxy) is 3. The normalized spacial score (nSPS) is 12.1. The van der Waals surface area contributed by atoms with E-state index in [1.807, 2.05) is 0 Å². The fraction of sp³-hybridized carbons (Fsp3) is 0.333. The first kappa shape index (κ1) is 21.4. The Balaban J connectivity index is 1.84. The van der Waals surface area contributed by atoms with Gasteiger partial charge in [-0.15, -0.1) is 0 Å². The zero-order chi connectivity index (χ0) is 21.8. The molecule has 0 aliphatic heterocycles. The van der Waals surface area contributed by atoms with E-state index in [1.165, 1.54) is 21.3 Å². The van der Waals surface area contributed by atoms with Crippen molar-refractivity contribution in [3.63, 3.8) is 0 Å². The lowest BCUT2D eigenvalue weighted by atomic mass is 10.1. The van der Waals surface area contributed by atoms with E-state index in [0.29, 0.717) is 22.5 Å². The SMILES string of the molecule is COc1ccc(C(=O)NCC(C)c2nc3ccccc3n2C(F)F)c(OC)c1OC. The van der Waals surface area contributed by atoms with Gasteiger partial charge in [0, 0.05) is 12.5 Å². The maximum atomic E-state index is 13.7. The van der Waals surface area contributed by atoms with E-state index in [-0.39, 0.29) is 23.7 Å². The summed E-state index contributed by atoms with van der Waals surface area (Å²) in [5, 5.41) is 2.76. The van der Waals surface area contributed by atoms with Crippen LogP contribution in [0.2, 0.25) is 0 Å². The van der Waals surface area contributed by atoms with Gasteiger partial charge in [0.05, 0.1) is 37.9 Å². The topological polar surface area (TPSA) is 74.6 Å². The summed E-state index contributed by atoms with van der Waals surface area (Å²) in [6.45, 7) is -0.907. The Morgan fingerprint density at radius 2 is 1.77 bits per heavy atom. The third kappa shape index (κ3) is 3.87. The number of rotatable bonds is 8. The lowest BCUT2D eigenvalue weighted by Gasteiger charge is -2.17. The standard InChI is InChI=1S/C21H23F2N3O4/c1-12(19-25-14-7-5-6-8-15(14)26(19)21(22)23)11-24-20(27)13-9-10-16(28-2)18(30-4)17(13)29-3/h5-10,12,21H,11H2,1-4H3,(H,24,27). The van der Waals surface area contributed by atoms with E-state index in [4.69, 9.17) is 14.2 Å². The number of hydrogen-bond acceptors (Lipinski definition) is 5. The lowest BCUT2D eigenvalue weighted by molar-refractivity contribution is 0.0704. The summed E-state index contributed by atoms with van der Waals surface area (Å²) in [5.41, 5.74) is 1.07. The molecule has 30 heavy (non-hydrogen) atoms. The quantitative estimate of drug-likeness (QED) is 0.598. The molecule has 7 nitrogen and oxygen atoms in total. The van der Waals surface area contributed by atoms with Crippen LogP contribution in [0, 0.1) is 0 Å². The predicted molar refractivity (Wildman–Crippen MR) is 108 cm³/mol. The van der Waals surface area contributed by atoms with Crippen LogP contribution in [0.3, 0.4) is 0 Å². The molecule has 0 fully saturated rings. The summed E-state index contributed by atoms with van der Waals surface area (Å²) in [6.07, 6.45) is 0. The number of carbonyl (C=O) groups is 1. The molecule has 3 rings (SSSR count). The minimum absolute atomic E-state index is 0.104. The molecule has 0 saturated carbocycles. The molecule has 0 bridgehead atoms. The van der Waals surface area contributed by atoms with Crippen molar-refractivity contribution >= 4 is 16.9 Å². The predicted octanol–water partition coefficient (Wildman–Crippen LogP) is 3.99. The molecule has 1 heterocycles. The number of imidazole rings is 1. The van der Waals surface area contributed by atoms with Crippen LogP contribution < -0.4 is 19.5 Å². The highest BCUT2D eigenvalue weighted by molar-refractivity contribution is 5.98. The zero-order valence-corrected chi connectivity index (χ0v) is 17.1. The summed E-state index contributed by atoms with van der Waals surface area (Å²) in [7, 11) is 4.34. The second-order valence-corrected chi connectivity index (χ2v) is 6.60. The third-order valence-electron chi connectivity index (χ3n) is 4.78. The number of aromatic nitrogens is 2. The summed E-state index contributed by atoms with van der Waals surface area (Å²) >= 11 is 0. The molecule has 9 heteroatoms. The number of methoxy groups -OCH3 is 3. The first-order valence-corrected chi connectivity index (χ1v) is 9.25. The number of nitrogens with zero attached hydrogens (tertiary/aromatic N) is 2. The highest BCUT2D eigenvalue weighted by Gasteiger charge is 2.24. The van der Waals surface area contributed by atoms with Gasteiger partial charge in [0.1, 0.15) is 5.82 Å². The molecule has 3 aromatic rings. The number of alkyl halides is 2. The number of halogens is 2. The second kappa shape index (κ2) is 8.98. The maximum Gasteiger partial charge on any atom is 0.320 e. The Morgan fingerprint density at radius 3 is 2.40 bits per heavy atom. The Hall–Kier alpha value is -3.36. The average Bonchev–Trinajstić information content (AvgIpc) is 3.15. The van der Waals surface area contributed by atoms with Crippen molar-refractivity contribution in [2.75, 3.05) is 27.9 Å². The van der Waals surface area contributed by atoms with Crippen molar-refractivity contribution in [2.24, 2.45) is 0 Å². The van der Waals surface area contributed by atoms with Crippen molar-refractivity contribution in [3.05, 3.63) is 47.8 Å². The molecule has 0 radical (unpaired) electrons. The smallest absolute Gasteiger partial charge is 0.320 e. The fourth-order valence-corrected chi connectivity index (χ4v) is 3.33. The van der Waals surface area contributed by atoms with Crippen LogP contribution in [0.4, 0.5) is 8.78 Å². The van der Waals surface area contributed by atoms with E-state index in [0.717, 1.165) is 4.57 Å². The van der Waals surface area contributed by atoms with Gasteiger partial charge in [0.15, 0.2) is 11.5 Å². The van der Waals surface area contributed by atoms with E-state index in [1.54, 1.807) is 43.3 Å². The van der Waals surface area contributed by atoms with Crippen LogP contribution in [0.15, 0.2) is 36.4 Å². The van der Waals surface area contributed by atoms with Gasteiger partial charge < -0.3 is 19.5 Å². The molecule has 1 atom stereocenters. The number of para-hydroxylation sites is 2. The highest BCUT2D eigenvalue weighted by Crippen LogP contribution is 2.39. The first-order chi connectivity index (χ1) is 14.4. The molecule has 160 valence electrons. The van der Waals surface area contributed by atoms with Gasteiger partial charge in [-0.2, -0.15) is 8.78 Å². The van der Waals surface area contributed by atoms with E-state index >= 15 is 0 Å². The monoisotopic (exact) mass is 419 g/mol. The van der Waals surface area contributed by atoms with Crippen LogP contribution in [0.1, 0.15) is 35.6 Å². The molecule has 0 aliphatic carbocycles. The number of amides is 1. The van der Waals surface area contributed by atoms with Crippen molar-refractivity contribution in [2.45, 2.75) is 19.4 Å². The molecule has 1 amide bonds. The van der Waals surface area contributed by atoms with Crippen LogP contribution in [-0.2, 0) is 0 Å². The molecule has 0 saturated heterocycles. The van der Waals surface area contributed by atoms with Crippen LogP contribution in [0.25, 0.3) is 11.0 Å². The maximum absolute atomic E-state index is 13.7. The van der Waals surface area contributed by atoms with Crippen molar-refractivity contribution in [3.8, 4) is 17.2 Å². The summed E-state index contributed by atoms with van der Waals surface area (Å²) in [5.74, 6) is 0.249. The van der Waals surface area contributed by atoms with Gasteiger partial charge in [-0.05, 0) is 24.3 Å². The van der Waals surface area contributed by atoms with Crippen molar-refractivity contribution in [1.29, 1.82) is 0 Å². The number of hydrogen-bond donors (Lipinski definition) is 1.